The Balaban J connectivity index is 1.22. The van der Waals surface area contributed by atoms with Crippen molar-refractivity contribution in [2.45, 2.75) is 38.6 Å². The van der Waals surface area contributed by atoms with Gasteiger partial charge in [0, 0.05) is 27.3 Å². The SMILES string of the molecule is CC(C)(C)c1ccc(C(=O)NC(C=O)Cc2ccc(-c3noc(-c4ccc(-c5ccccc5Cl)cc4)n3)cc2)cc1. The summed E-state index contributed by atoms with van der Waals surface area (Å²) in [6, 6.07) is 29.8. The van der Waals surface area contributed by atoms with Gasteiger partial charge in [0.25, 0.3) is 11.8 Å². The first-order valence-corrected chi connectivity index (χ1v) is 13.7. The van der Waals surface area contributed by atoms with Gasteiger partial charge in [0.15, 0.2) is 0 Å². The number of carbonyl (C=O) groups excluding carboxylic acids is 2. The van der Waals surface area contributed by atoms with Gasteiger partial charge in [-0.15, -0.1) is 0 Å². The summed E-state index contributed by atoms with van der Waals surface area (Å²) >= 11 is 6.32. The number of rotatable bonds is 8. The van der Waals surface area contributed by atoms with Gasteiger partial charge in [-0.3, -0.25) is 4.79 Å². The highest BCUT2D eigenvalue weighted by molar-refractivity contribution is 6.33. The van der Waals surface area contributed by atoms with Gasteiger partial charge in [-0.1, -0.05) is 104 Å². The highest BCUT2D eigenvalue weighted by Crippen LogP contribution is 2.30. The Kier molecular flexibility index (Phi) is 8.13. The van der Waals surface area contributed by atoms with E-state index in [2.05, 4.69) is 36.2 Å². The van der Waals surface area contributed by atoms with E-state index < -0.39 is 6.04 Å². The van der Waals surface area contributed by atoms with Crippen LogP contribution in [0.4, 0.5) is 0 Å². The third-order valence-electron chi connectivity index (χ3n) is 6.90. The summed E-state index contributed by atoms with van der Waals surface area (Å²) in [4.78, 5) is 29.0. The molecule has 5 rings (SSSR count). The topological polar surface area (TPSA) is 85.1 Å². The average molecular weight is 564 g/mol. The number of hydrogen-bond acceptors (Lipinski definition) is 5. The van der Waals surface area contributed by atoms with Crippen LogP contribution in [0, 0.1) is 0 Å². The molecule has 0 aliphatic rings. The molecule has 1 unspecified atom stereocenters. The van der Waals surface area contributed by atoms with Gasteiger partial charge in [-0.05, 0) is 58.9 Å². The van der Waals surface area contributed by atoms with Gasteiger partial charge in [-0.25, -0.2) is 0 Å². The second kappa shape index (κ2) is 11.9. The van der Waals surface area contributed by atoms with Crippen LogP contribution in [-0.2, 0) is 16.6 Å². The molecule has 0 aliphatic heterocycles. The van der Waals surface area contributed by atoms with Gasteiger partial charge < -0.3 is 14.6 Å². The third kappa shape index (κ3) is 6.61. The van der Waals surface area contributed by atoms with Crippen LogP contribution in [0.1, 0.15) is 42.3 Å². The van der Waals surface area contributed by atoms with Crippen molar-refractivity contribution in [2.75, 3.05) is 0 Å². The molecule has 0 saturated heterocycles. The lowest BCUT2D eigenvalue weighted by atomic mass is 9.86. The van der Waals surface area contributed by atoms with E-state index in [1.54, 1.807) is 12.1 Å². The molecular formula is C34H30ClN3O3. The summed E-state index contributed by atoms with van der Waals surface area (Å²) in [5, 5.41) is 7.65. The fourth-order valence-corrected chi connectivity index (χ4v) is 4.74. The maximum atomic E-state index is 12.7. The molecule has 6 nitrogen and oxygen atoms in total. The van der Waals surface area contributed by atoms with E-state index >= 15 is 0 Å². The van der Waals surface area contributed by atoms with Crippen LogP contribution in [0.3, 0.4) is 0 Å². The Bertz CT molecular complexity index is 1650. The minimum absolute atomic E-state index is 0.00104. The molecule has 5 aromatic rings. The second-order valence-corrected chi connectivity index (χ2v) is 11.3. The first kappa shape index (κ1) is 28.0. The Morgan fingerprint density at radius 2 is 1.51 bits per heavy atom. The number of nitrogens with zero attached hydrogens (tertiary/aromatic N) is 2. The fourth-order valence-electron chi connectivity index (χ4n) is 4.50. The second-order valence-electron chi connectivity index (χ2n) is 10.9. The van der Waals surface area contributed by atoms with Crippen molar-refractivity contribution in [1.29, 1.82) is 0 Å². The summed E-state index contributed by atoms with van der Waals surface area (Å²) < 4.78 is 5.52. The average Bonchev–Trinajstić information content (AvgIpc) is 3.47. The third-order valence-corrected chi connectivity index (χ3v) is 7.23. The smallest absolute Gasteiger partial charge is 0.258 e. The van der Waals surface area contributed by atoms with Crippen LogP contribution in [0.2, 0.25) is 5.02 Å². The van der Waals surface area contributed by atoms with Gasteiger partial charge in [0.2, 0.25) is 5.82 Å². The number of halogens is 1. The zero-order valence-corrected chi connectivity index (χ0v) is 23.9. The molecule has 1 amide bonds. The lowest BCUT2D eigenvalue weighted by Gasteiger charge is -2.19. The molecule has 1 aromatic heterocycles. The molecule has 0 saturated carbocycles. The molecular weight excluding hydrogens is 534 g/mol. The van der Waals surface area contributed by atoms with E-state index in [-0.39, 0.29) is 11.3 Å². The normalized spacial score (nSPS) is 12.1. The molecule has 0 aliphatic carbocycles. The lowest BCUT2D eigenvalue weighted by Crippen LogP contribution is -2.37. The van der Waals surface area contributed by atoms with E-state index in [4.69, 9.17) is 16.1 Å². The molecule has 1 atom stereocenters. The number of aromatic nitrogens is 2. The maximum Gasteiger partial charge on any atom is 0.258 e. The predicted molar refractivity (Wildman–Crippen MR) is 162 cm³/mol. The van der Waals surface area contributed by atoms with Gasteiger partial charge in [0.05, 0.1) is 6.04 Å². The molecule has 1 N–H and O–H groups in total. The Morgan fingerprint density at radius 1 is 0.878 bits per heavy atom. The predicted octanol–water partition coefficient (Wildman–Crippen LogP) is 7.56. The maximum absolute atomic E-state index is 12.7. The van der Waals surface area contributed by atoms with Crippen LogP contribution < -0.4 is 5.32 Å². The van der Waals surface area contributed by atoms with E-state index in [1.165, 1.54) is 0 Å². The van der Waals surface area contributed by atoms with Gasteiger partial charge in [-0.2, -0.15) is 4.98 Å². The van der Waals surface area contributed by atoms with Gasteiger partial charge >= 0.3 is 0 Å². The van der Waals surface area contributed by atoms with E-state index in [0.29, 0.717) is 28.7 Å². The number of carbonyl (C=O) groups is 2. The van der Waals surface area contributed by atoms with Crippen LogP contribution in [0.5, 0.6) is 0 Å². The quantitative estimate of drug-likeness (QED) is 0.197. The minimum Gasteiger partial charge on any atom is -0.342 e. The number of nitrogens with one attached hydrogen (secondary N) is 1. The zero-order valence-electron chi connectivity index (χ0n) is 23.1. The molecule has 7 heteroatoms. The van der Waals surface area contributed by atoms with Crippen molar-refractivity contribution < 1.29 is 14.1 Å². The highest BCUT2D eigenvalue weighted by atomic mass is 35.5. The van der Waals surface area contributed by atoms with Crippen molar-refractivity contribution in [1.82, 2.24) is 15.5 Å². The highest BCUT2D eigenvalue weighted by Gasteiger charge is 2.17. The van der Waals surface area contributed by atoms with Crippen LogP contribution in [0.15, 0.2) is 102 Å². The first-order valence-electron chi connectivity index (χ1n) is 13.4. The van der Waals surface area contributed by atoms with Crippen LogP contribution in [-0.4, -0.2) is 28.4 Å². The summed E-state index contributed by atoms with van der Waals surface area (Å²) in [7, 11) is 0. The minimum atomic E-state index is -0.652. The van der Waals surface area contributed by atoms with E-state index in [0.717, 1.165) is 39.7 Å². The summed E-state index contributed by atoms with van der Waals surface area (Å²) in [5.41, 5.74) is 6.09. The fraction of sp³-hybridized carbons (Fsp3) is 0.176. The summed E-state index contributed by atoms with van der Waals surface area (Å²) in [6.07, 6.45) is 1.13. The number of aldehydes is 1. The molecule has 4 aromatic carbocycles. The van der Waals surface area contributed by atoms with Crippen LogP contribution >= 0.6 is 11.6 Å². The van der Waals surface area contributed by atoms with E-state index in [1.807, 2.05) is 84.9 Å². The summed E-state index contributed by atoms with van der Waals surface area (Å²) in [5.74, 6) is 0.591. The molecule has 41 heavy (non-hydrogen) atoms. The Morgan fingerprint density at radius 3 is 2.15 bits per heavy atom. The molecule has 206 valence electrons. The van der Waals surface area contributed by atoms with Crippen molar-refractivity contribution >= 4 is 23.8 Å². The van der Waals surface area contributed by atoms with Crippen molar-refractivity contribution in [3.05, 3.63) is 119 Å². The summed E-state index contributed by atoms with van der Waals surface area (Å²) in [6.45, 7) is 6.36. The molecule has 0 spiro atoms. The standard InChI is InChI=1S/C34H30ClN3O3/c1-34(2,3)27-18-16-25(17-19-27)32(40)36-28(21-39)20-22-8-10-24(11-9-22)31-37-33(41-38-31)26-14-12-23(13-15-26)29-6-4-5-7-30(29)35/h4-19,21,28H,20H2,1-3H3,(H,36,40). The van der Waals surface area contributed by atoms with Crippen LogP contribution in [0.25, 0.3) is 34.0 Å². The number of amides is 1. The van der Waals surface area contributed by atoms with Gasteiger partial charge in [0.1, 0.15) is 6.29 Å². The van der Waals surface area contributed by atoms with Crippen molar-refractivity contribution in [2.24, 2.45) is 0 Å². The number of hydrogen-bond donors (Lipinski definition) is 1. The number of benzene rings is 4. The zero-order chi connectivity index (χ0) is 29.0. The largest absolute Gasteiger partial charge is 0.342 e. The lowest BCUT2D eigenvalue weighted by molar-refractivity contribution is -0.109. The Hall–Kier alpha value is -4.55. The molecule has 0 bridgehead atoms. The van der Waals surface area contributed by atoms with Crippen molar-refractivity contribution in [3.8, 4) is 34.0 Å². The first-order chi connectivity index (χ1) is 19.7. The molecule has 1 heterocycles. The van der Waals surface area contributed by atoms with E-state index in [9.17, 15) is 9.59 Å². The Labute approximate surface area is 244 Å². The molecule has 0 radical (unpaired) electrons. The monoisotopic (exact) mass is 563 g/mol. The molecule has 0 fully saturated rings. The van der Waals surface area contributed by atoms with Crippen molar-refractivity contribution in [3.63, 3.8) is 0 Å².